The van der Waals surface area contributed by atoms with Crippen LogP contribution in [0.1, 0.15) is 30.3 Å². The van der Waals surface area contributed by atoms with Gasteiger partial charge in [0.25, 0.3) is 0 Å². The number of nitrogens with one attached hydrogen (secondary N) is 1. The maximum Gasteiger partial charge on any atom is 0.337 e. The van der Waals surface area contributed by atoms with E-state index in [-0.39, 0.29) is 12.2 Å². The highest BCUT2D eigenvalue weighted by Crippen LogP contribution is 2.33. The van der Waals surface area contributed by atoms with Crippen molar-refractivity contribution in [1.29, 1.82) is 0 Å². The molecule has 1 heterocycles. The zero-order valence-corrected chi connectivity index (χ0v) is 19.2. The first-order valence-electron chi connectivity index (χ1n) is 11.3. The number of carboxylic acids is 1. The van der Waals surface area contributed by atoms with Gasteiger partial charge < -0.3 is 29.7 Å². The number of aliphatic hydroxyl groups is 1. The van der Waals surface area contributed by atoms with Crippen LogP contribution in [0.3, 0.4) is 0 Å². The molecule has 3 atom stereocenters. The molecule has 0 spiro atoms. The van der Waals surface area contributed by atoms with E-state index in [9.17, 15) is 4.79 Å². The zero-order valence-electron chi connectivity index (χ0n) is 19.2. The predicted octanol–water partition coefficient (Wildman–Crippen LogP) is 4.00. The van der Waals surface area contributed by atoms with Gasteiger partial charge in [-0.05, 0) is 30.2 Å². The fourth-order valence-corrected chi connectivity index (χ4v) is 3.52. The summed E-state index contributed by atoms with van der Waals surface area (Å²) < 4.78 is 18.0. The van der Waals surface area contributed by atoms with Crippen LogP contribution in [0.5, 0.6) is 11.5 Å². The Kier molecular flexibility index (Phi) is 9.91. The lowest BCUT2D eigenvalue weighted by molar-refractivity contribution is -0.146. The summed E-state index contributed by atoms with van der Waals surface area (Å²) >= 11 is 0. The Balaban J connectivity index is 0.000000248. The third-order valence-corrected chi connectivity index (χ3v) is 5.17. The summed E-state index contributed by atoms with van der Waals surface area (Å²) in [7, 11) is 0. The summed E-state index contributed by atoms with van der Waals surface area (Å²) in [6.45, 7) is 4.94. The number of carbonyl (C=O) groups is 1. The maximum atomic E-state index is 10.2. The van der Waals surface area contributed by atoms with E-state index in [1.165, 1.54) is 0 Å². The molecule has 3 aromatic rings. The third-order valence-electron chi connectivity index (χ3n) is 5.17. The van der Waals surface area contributed by atoms with Gasteiger partial charge in [-0.15, -0.1) is 0 Å². The molecular formula is C27H31NO6. The lowest BCUT2D eigenvalue weighted by Crippen LogP contribution is -2.43. The number of rotatable bonds is 8. The average Bonchev–Trinajstić information content (AvgIpc) is 2.90. The highest BCUT2D eigenvalue weighted by Gasteiger charge is 2.28. The molecule has 1 fully saturated rings. The minimum Gasteiger partial charge on any atom is -0.490 e. The van der Waals surface area contributed by atoms with Crippen LogP contribution in [-0.4, -0.2) is 48.6 Å². The fourth-order valence-electron chi connectivity index (χ4n) is 3.52. The standard InChI is InChI=1S/C19H23NO3.C8H8O3/c1-2-21-16-10-6-7-11-17(16)23-19(15-8-4-3-5-9-15)18-14-20-12-13-22-18;9-7(8(10)11)6-4-2-1-3-5-6/h3-11,18-20H,2,12-14H2,1H3;1-5,7,9H,(H,10,11)/t18-,19?;/m0./s1. The molecule has 4 rings (SSSR count). The highest BCUT2D eigenvalue weighted by atomic mass is 16.6. The maximum absolute atomic E-state index is 10.2. The molecule has 0 saturated carbocycles. The molecule has 3 aromatic carbocycles. The predicted molar refractivity (Wildman–Crippen MR) is 129 cm³/mol. The molecule has 3 N–H and O–H groups in total. The van der Waals surface area contributed by atoms with E-state index in [0.29, 0.717) is 18.8 Å². The van der Waals surface area contributed by atoms with Crippen molar-refractivity contribution < 1.29 is 29.2 Å². The van der Waals surface area contributed by atoms with Gasteiger partial charge in [0.1, 0.15) is 6.10 Å². The molecule has 34 heavy (non-hydrogen) atoms. The van der Waals surface area contributed by atoms with Crippen LogP contribution in [0.25, 0.3) is 0 Å². The van der Waals surface area contributed by atoms with Crippen molar-refractivity contribution in [3.05, 3.63) is 96.1 Å². The van der Waals surface area contributed by atoms with Crippen LogP contribution in [0.2, 0.25) is 0 Å². The molecule has 2 unspecified atom stereocenters. The van der Waals surface area contributed by atoms with E-state index >= 15 is 0 Å². The van der Waals surface area contributed by atoms with E-state index in [1.807, 2.05) is 49.4 Å². The third kappa shape index (κ3) is 7.31. The smallest absolute Gasteiger partial charge is 0.337 e. The molecule has 1 aliphatic rings. The van der Waals surface area contributed by atoms with Crippen molar-refractivity contribution in [2.24, 2.45) is 0 Å². The Hall–Kier alpha value is -3.39. The van der Waals surface area contributed by atoms with Crippen LogP contribution in [0.15, 0.2) is 84.9 Å². The van der Waals surface area contributed by atoms with Gasteiger partial charge in [0, 0.05) is 13.1 Å². The fraction of sp³-hybridized carbons (Fsp3) is 0.296. The molecule has 0 aliphatic carbocycles. The Morgan fingerprint density at radius 3 is 2.12 bits per heavy atom. The van der Waals surface area contributed by atoms with Crippen LogP contribution in [-0.2, 0) is 9.53 Å². The number of carboxylic acid groups (broad SMARTS) is 1. The second-order valence-electron chi connectivity index (χ2n) is 7.59. The van der Waals surface area contributed by atoms with Crippen LogP contribution >= 0.6 is 0 Å². The van der Waals surface area contributed by atoms with Gasteiger partial charge in [-0.2, -0.15) is 0 Å². The second-order valence-corrected chi connectivity index (χ2v) is 7.59. The van der Waals surface area contributed by atoms with Crippen molar-refractivity contribution in [2.75, 3.05) is 26.3 Å². The van der Waals surface area contributed by atoms with Crippen molar-refractivity contribution >= 4 is 5.97 Å². The number of hydrogen-bond acceptors (Lipinski definition) is 6. The zero-order chi connectivity index (χ0) is 24.2. The minimum absolute atomic E-state index is 0.0270. The van der Waals surface area contributed by atoms with Gasteiger partial charge in [0.15, 0.2) is 23.7 Å². The molecule has 0 bridgehead atoms. The largest absolute Gasteiger partial charge is 0.490 e. The molecular weight excluding hydrogens is 434 g/mol. The number of ether oxygens (including phenoxy) is 3. The molecule has 0 radical (unpaired) electrons. The topological polar surface area (TPSA) is 97.2 Å². The van der Waals surface area contributed by atoms with Gasteiger partial charge in [-0.1, -0.05) is 72.8 Å². The Labute approximate surface area is 199 Å². The van der Waals surface area contributed by atoms with Gasteiger partial charge >= 0.3 is 5.97 Å². The van der Waals surface area contributed by atoms with Crippen molar-refractivity contribution in [1.82, 2.24) is 5.32 Å². The SMILES string of the molecule is CCOc1ccccc1OC(c1ccccc1)[C@@H]1CNCCO1.O=C(O)C(O)c1ccccc1. The van der Waals surface area contributed by atoms with Gasteiger partial charge in [-0.3, -0.25) is 0 Å². The van der Waals surface area contributed by atoms with Crippen molar-refractivity contribution in [3.63, 3.8) is 0 Å². The van der Waals surface area contributed by atoms with E-state index in [0.717, 1.165) is 30.2 Å². The Bertz CT molecular complexity index is 992. The molecule has 1 saturated heterocycles. The van der Waals surface area contributed by atoms with E-state index in [1.54, 1.807) is 30.3 Å². The van der Waals surface area contributed by atoms with E-state index in [2.05, 4.69) is 17.4 Å². The van der Waals surface area contributed by atoms with Crippen LogP contribution in [0, 0.1) is 0 Å². The number of benzene rings is 3. The monoisotopic (exact) mass is 465 g/mol. The number of hydrogen-bond donors (Lipinski definition) is 3. The first-order valence-corrected chi connectivity index (χ1v) is 11.3. The summed E-state index contributed by atoms with van der Waals surface area (Å²) in [5, 5.41) is 20.8. The molecule has 180 valence electrons. The van der Waals surface area contributed by atoms with Crippen LogP contribution < -0.4 is 14.8 Å². The number of aliphatic carboxylic acids is 1. The Morgan fingerprint density at radius 1 is 0.971 bits per heavy atom. The summed E-state index contributed by atoms with van der Waals surface area (Å²) in [6.07, 6.45) is -1.61. The molecule has 0 amide bonds. The van der Waals surface area contributed by atoms with Crippen LogP contribution in [0.4, 0.5) is 0 Å². The van der Waals surface area contributed by atoms with E-state index in [4.69, 9.17) is 24.4 Å². The Morgan fingerprint density at radius 2 is 1.56 bits per heavy atom. The first kappa shape index (κ1) is 25.2. The lowest BCUT2D eigenvalue weighted by atomic mass is 10.0. The molecule has 1 aliphatic heterocycles. The van der Waals surface area contributed by atoms with Gasteiger partial charge in [0.2, 0.25) is 0 Å². The molecule has 7 nitrogen and oxygen atoms in total. The summed E-state index contributed by atoms with van der Waals surface area (Å²) in [5.74, 6) is 0.285. The van der Waals surface area contributed by atoms with E-state index < -0.39 is 12.1 Å². The summed E-state index contributed by atoms with van der Waals surface area (Å²) in [5.41, 5.74) is 1.51. The number of aliphatic hydroxyl groups excluding tert-OH is 1. The highest BCUT2D eigenvalue weighted by molar-refractivity contribution is 5.73. The molecule has 7 heteroatoms. The molecule has 0 aromatic heterocycles. The lowest BCUT2D eigenvalue weighted by Gasteiger charge is -2.32. The van der Waals surface area contributed by atoms with Crippen molar-refractivity contribution in [3.8, 4) is 11.5 Å². The van der Waals surface area contributed by atoms with Crippen molar-refractivity contribution in [2.45, 2.75) is 25.2 Å². The summed E-state index contributed by atoms with van der Waals surface area (Å²) in [6, 6.07) is 26.3. The number of para-hydroxylation sites is 2. The normalized spacial score (nSPS) is 16.9. The summed E-state index contributed by atoms with van der Waals surface area (Å²) in [4.78, 5) is 10.2. The second kappa shape index (κ2) is 13.3. The quantitative estimate of drug-likeness (QED) is 0.463. The van der Waals surface area contributed by atoms with Gasteiger partial charge in [-0.25, -0.2) is 4.79 Å². The van der Waals surface area contributed by atoms with Gasteiger partial charge in [0.05, 0.1) is 13.2 Å². The number of morpholine rings is 1. The minimum atomic E-state index is -1.41. The first-order chi connectivity index (χ1) is 16.6. The average molecular weight is 466 g/mol.